The smallest absolute Gasteiger partial charge is 0.317 e. The zero-order valence-electron chi connectivity index (χ0n) is 14.8. The largest absolute Gasteiger partial charge is 0.338 e. The van der Waals surface area contributed by atoms with Gasteiger partial charge >= 0.3 is 6.03 Å². The second-order valence-electron chi connectivity index (χ2n) is 7.07. The van der Waals surface area contributed by atoms with Crippen molar-refractivity contribution in [3.05, 3.63) is 29.6 Å². The first kappa shape index (κ1) is 17.2. The van der Waals surface area contributed by atoms with Crippen LogP contribution in [0.3, 0.4) is 0 Å². The molecule has 2 saturated heterocycles. The molecule has 0 unspecified atom stereocenters. The lowest BCUT2D eigenvalue weighted by Gasteiger charge is -2.26. The highest BCUT2D eigenvalue weighted by Crippen LogP contribution is 2.21. The Balaban J connectivity index is 1.41. The summed E-state index contributed by atoms with van der Waals surface area (Å²) in [5, 5.41) is 3.07. The molecule has 1 atom stereocenters. The second-order valence-corrected chi connectivity index (χ2v) is 7.07. The molecule has 0 bridgehead atoms. The molecule has 1 aromatic heterocycles. The Morgan fingerprint density at radius 2 is 2.00 bits per heavy atom. The molecule has 0 radical (unpaired) electrons. The molecule has 0 aromatic carbocycles. The van der Waals surface area contributed by atoms with Crippen LogP contribution in [-0.2, 0) is 6.42 Å². The fourth-order valence-corrected chi connectivity index (χ4v) is 3.90. The number of hydrogen-bond donors (Lipinski definition) is 1. The predicted octanol–water partition coefficient (Wildman–Crippen LogP) is 2.59. The van der Waals surface area contributed by atoms with Gasteiger partial charge in [-0.3, -0.25) is 4.98 Å². The van der Waals surface area contributed by atoms with Crippen LogP contribution in [-0.4, -0.2) is 59.6 Å². The first-order valence-electron chi connectivity index (χ1n) is 9.42. The molecule has 1 N–H and O–H groups in total. The third kappa shape index (κ3) is 4.69. The number of urea groups is 1. The van der Waals surface area contributed by atoms with E-state index in [0.717, 1.165) is 43.7 Å². The Morgan fingerprint density at radius 1 is 1.17 bits per heavy atom. The molecule has 0 saturated carbocycles. The first-order valence-corrected chi connectivity index (χ1v) is 9.42. The molecule has 5 nitrogen and oxygen atoms in total. The van der Waals surface area contributed by atoms with Gasteiger partial charge in [0.1, 0.15) is 0 Å². The van der Waals surface area contributed by atoms with E-state index < -0.39 is 0 Å². The molecule has 1 aromatic rings. The topological polar surface area (TPSA) is 48.5 Å². The van der Waals surface area contributed by atoms with E-state index in [4.69, 9.17) is 0 Å². The molecule has 3 rings (SSSR count). The summed E-state index contributed by atoms with van der Waals surface area (Å²) in [4.78, 5) is 21.5. The van der Waals surface area contributed by atoms with Crippen LogP contribution in [0.4, 0.5) is 4.79 Å². The van der Waals surface area contributed by atoms with Crippen molar-refractivity contribution in [2.45, 2.75) is 51.5 Å². The summed E-state index contributed by atoms with van der Waals surface area (Å²) in [5.74, 6) is 0. The summed E-state index contributed by atoms with van der Waals surface area (Å²) in [6.45, 7) is 6.92. The number of nitrogens with one attached hydrogen (secondary N) is 1. The lowest BCUT2D eigenvalue weighted by atomic mass is 10.1. The zero-order valence-corrected chi connectivity index (χ0v) is 14.8. The quantitative estimate of drug-likeness (QED) is 0.923. The van der Waals surface area contributed by atoms with Crippen molar-refractivity contribution >= 4 is 6.03 Å². The number of carbonyl (C=O) groups is 1. The zero-order chi connectivity index (χ0) is 16.8. The minimum atomic E-state index is 0.0877. The van der Waals surface area contributed by atoms with Crippen molar-refractivity contribution in [2.75, 3.05) is 32.7 Å². The van der Waals surface area contributed by atoms with Gasteiger partial charge in [-0.25, -0.2) is 4.79 Å². The molecular formula is C19H30N4O. The van der Waals surface area contributed by atoms with Gasteiger partial charge in [0, 0.05) is 43.5 Å². The van der Waals surface area contributed by atoms with Crippen molar-refractivity contribution < 1.29 is 4.79 Å². The van der Waals surface area contributed by atoms with Crippen molar-refractivity contribution in [3.8, 4) is 0 Å². The molecule has 2 amide bonds. The van der Waals surface area contributed by atoms with E-state index in [1.165, 1.54) is 32.4 Å². The number of amides is 2. The van der Waals surface area contributed by atoms with Gasteiger partial charge in [0.15, 0.2) is 0 Å². The number of aromatic nitrogens is 1. The molecule has 0 aliphatic carbocycles. The van der Waals surface area contributed by atoms with E-state index in [9.17, 15) is 4.79 Å². The number of likely N-dealkylation sites (tertiary alicyclic amines) is 2. The van der Waals surface area contributed by atoms with Gasteiger partial charge in [0.05, 0.1) is 0 Å². The molecule has 3 heterocycles. The highest BCUT2D eigenvalue weighted by molar-refractivity contribution is 5.74. The Bertz CT molecular complexity index is 542. The summed E-state index contributed by atoms with van der Waals surface area (Å²) >= 11 is 0. The van der Waals surface area contributed by atoms with E-state index in [1.54, 1.807) is 0 Å². The van der Waals surface area contributed by atoms with Crippen molar-refractivity contribution in [1.82, 2.24) is 20.1 Å². The van der Waals surface area contributed by atoms with Crippen molar-refractivity contribution in [3.63, 3.8) is 0 Å². The van der Waals surface area contributed by atoms with E-state index in [1.807, 2.05) is 30.0 Å². The van der Waals surface area contributed by atoms with Crippen LogP contribution >= 0.6 is 0 Å². The van der Waals surface area contributed by atoms with E-state index in [-0.39, 0.29) is 6.03 Å². The monoisotopic (exact) mass is 330 g/mol. The van der Waals surface area contributed by atoms with Crippen LogP contribution in [0.15, 0.2) is 18.2 Å². The van der Waals surface area contributed by atoms with Gasteiger partial charge < -0.3 is 15.1 Å². The molecule has 0 spiro atoms. The summed E-state index contributed by atoms with van der Waals surface area (Å²) in [6.07, 6.45) is 6.94. The Kier molecular flexibility index (Phi) is 6.07. The fraction of sp³-hybridized carbons (Fsp3) is 0.684. The van der Waals surface area contributed by atoms with Gasteiger partial charge in [-0.2, -0.15) is 0 Å². The Morgan fingerprint density at radius 3 is 2.79 bits per heavy atom. The lowest BCUT2D eigenvalue weighted by Crippen LogP contribution is -2.42. The molecule has 2 aliphatic rings. The van der Waals surface area contributed by atoms with Gasteiger partial charge in [-0.05, 0) is 64.3 Å². The maximum atomic E-state index is 12.4. The molecule has 24 heavy (non-hydrogen) atoms. The number of nitrogens with zero attached hydrogens (tertiary/aromatic N) is 3. The van der Waals surface area contributed by atoms with Gasteiger partial charge in [-0.15, -0.1) is 0 Å². The van der Waals surface area contributed by atoms with E-state index in [0.29, 0.717) is 12.6 Å². The SMILES string of the molecule is Cc1cccc(CCNC(=O)N2CCC[C@@H](N3CCCC3)CC2)n1. The highest BCUT2D eigenvalue weighted by Gasteiger charge is 2.26. The number of rotatable bonds is 4. The van der Waals surface area contributed by atoms with Gasteiger partial charge in [-0.1, -0.05) is 6.07 Å². The Hall–Kier alpha value is -1.62. The average Bonchev–Trinajstić information content (AvgIpc) is 2.99. The molecule has 2 fully saturated rings. The number of pyridine rings is 1. The van der Waals surface area contributed by atoms with Gasteiger partial charge in [0.2, 0.25) is 0 Å². The second kappa shape index (κ2) is 8.47. The fourth-order valence-electron chi connectivity index (χ4n) is 3.90. The highest BCUT2D eigenvalue weighted by atomic mass is 16.2. The maximum Gasteiger partial charge on any atom is 0.317 e. The van der Waals surface area contributed by atoms with Crippen LogP contribution in [0, 0.1) is 6.92 Å². The van der Waals surface area contributed by atoms with Crippen LogP contribution in [0.5, 0.6) is 0 Å². The third-order valence-electron chi connectivity index (χ3n) is 5.25. The normalized spacial score (nSPS) is 22.4. The van der Waals surface area contributed by atoms with Gasteiger partial charge in [0.25, 0.3) is 0 Å². The maximum absolute atomic E-state index is 12.4. The predicted molar refractivity (Wildman–Crippen MR) is 96.1 cm³/mol. The summed E-state index contributed by atoms with van der Waals surface area (Å²) in [6, 6.07) is 6.81. The minimum Gasteiger partial charge on any atom is -0.338 e. The van der Waals surface area contributed by atoms with E-state index in [2.05, 4.69) is 15.2 Å². The number of aryl methyl sites for hydroxylation is 1. The molecule has 132 valence electrons. The summed E-state index contributed by atoms with van der Waals surface area (Å²) in [5.41, 5.74) is 2.07. The molecular weight excluding hydrogens is 300 g/mol. The van der Waals surface area contributed by atoms with E-state index >= 15 is 0 Å². The van der Waals surface area contributed by atoms with Crippen LogP contribution in [0.25, 0.3) is 0 Å². The molecule has 5 heteroatoms. The van der Waals surface area contributed by atoms with Crippen LogP contribution in [0.1, 0.15) is 43.5 Å². The van der Waals surface area contributed by atoms with Crippen LogP contribution in [0.2, 0.25) is 0 Å². The van der Waals surface area contributed by atoms with Crippen molar-refractivity contribution in [2.24, 2.45) is 0 Å². The minimum absolute atomic E-state index is 0.0877. The lowest BCUT2D eigenvalue weighted by molar-refractivity contribution is 0.194. The number of hydrogen-bond acceptors (Lipinski definition) is 3. The van der Waals surface area contributed by atoms with Crippen molar-refractivity contribution in [1.29, 1.82) is 0 Å². The summed E-state index contributed by atoms with van der Waals surface area (Å²) in [7, 11) is 0. The standard InChI is InChI=1S/C19H30N4O/c1-16-6-4-7-17(21-16)9-11-20-19(24)23-14-5-8-18(10-15-23)22-12-2-3-13-22/h4,6-7,18H,2-3,5,8-15H2,1H3,(H,20,24)/t18-/m1/s1. The summed E-state index contributed by atoms with van der Waals surface area (Å²) < 4.78 is 0. The average molecular weight is 330 g/mol. The van der Waals surface area contributed by atoms with Crippen LogP contribution < -0.4 is 5.32 Å². The number of carbonyl (C=O) groups excluding carboxylic acids is 1. The first-order chi connectivity index (χ1) is 11.7. The molecule has 2 aliphatic heterocycles. The third-order valence-corrected chi connectivity index (χ3v) is 5.25. The Labute approximate surface area is 145 Å².